The lowest BCUT2D eigenvalue weighted by molar-refractivity contribution is -0.133. The van der Waals surface area contributed by atoms with Crippen molar-refractivity contribution in [2.24, 2.45) is 0 Å². The Morgan fingerprint density at radius 1 is 1.38 bits per heavy atom. The molecule has 1 saturated heterocycles. The minimum Gasteiger partial charge on any atom is -0.325 e. The number of sulfonamides is 1. The SMILES string of the molecule is CC(C)NS(=O)(=O)c1ccc2c(c1)CN[C@H](C(=O)N1CCC[C@H]1C#N)C2. The van der Waals surface area contributed by atoms with E-state index in [-0.39, 0.29) is 28.9 Å². The predicted octanol–water partition coefficient (Wildman–Crippen LogP) is 0.902. The fourth-order valence-electron chi connectivity index (χ4n) is 3.58. The van der Waals surface area contributed by atoms with E-state index in [2.05, 4.69) is 16.1 Å². The van der Waals surface area contributed by atoms with Crippen molar-refractivity contribution in [2.75, 3.05) is 6.54 Å². The summed E-state index contributed by atoms with van der Waals surface area (Å²) >= 11 is 0. The van der Waals surface area contributed by atoms with Crippen molar-refractivity contribution in [2.45, 2.75) is 62.7 Å². The fraction of sp³-hybridized carbons (Fsp3) is 0.556. The van der Waals surface area contributed by atoms with E-state index in [0.29, 0.717) is 19.5 Å². The van der Waals surface area contributed by atoms with E-state index >= 15 is 0 Å². The van der Waals surface area contributed by atoms with Crippen molar-refractivity contribution >= 4 is 15.9 Å². The predicted molar refractivity (Wildman–Crippen MR) is 96.6 cm³/mol. The van der Waals surface area contributed by atoms with Gasteiger partial charge in [0.1, 0.15) is 6.04 Å². The molecule has 1 aromatic carbocycles. The average Bonchev–Trinajstić information content (AvgIpc) is 3.07. The lowest BCUT2D eigenvalue weighted by Gasteiger charge is -2.30. The molecule has 1 amide bonds. The molecule has 3 rings (SSSR count). The van der Waals surface area contributed by atoms with Crippen LogP contribution in [0.3, 0.4) is 0 Å². The van der Waals surface area contributed by atoms with Gasteiger partial charge in [0, 0.05) is 19.1 Å². The van der Waals surface area contributed by atoms with E-state index in [1.807, 2.05) is 0 Å². The van der Waals surface area contributed by atoms with Crippen LogP contribution < -0.4 is 10.0 Å². The molecule has 1 fully saturated rings. The van der Waals surface area contributed by atoms with Gasteiger partial charge in [-0.3, -0.25) is 4.79 Å². The largest absolute Gasteiger partial charge is 0.325 e. The zero-order valence-electron chi connectivity index (χ0n) is 15.0. The number of amides is 1. The molecule has 0 bridgehead atoms. The zero-order valence-corrected chi connectivity index (χ0v) is 15.8. The Bertz CT molecular complexity index is 844. The Morgan fingerprint density at radius 2 is 2.15 bits per heavy atom. The molecule has 8 heteroatoms. The molecule has 140 valence electrons. The lowest BCUT2D eigenvalue weighted by atomic mass is 9.95. The number of nitriles is 1. The standard InChI is InChI=1S/C18H24N4O3S/c1-12(2)21-26(24,25)16-6-5-13-9-17(20-11-14(13)8-16)18(23)22-7-3-4-15(22)10-19/h5-6,8,12,15,17,20-21H,3-4,7,9,11H2,1-2H3/t15-,17-/m0/s1. The molecule has 0 aliphatic carbocycles. The molecule has 2 aliphatic rings. The third-order valence-electron chi connectivity index (χ3n) is 4.82. The van der Waals surface area contributed by atoms with Gasteiger partial charge in [0.25, 0.3) is 0 Å². The Kier molecular flexibility index (Phi) is 5.32. The van der Waals surface area contributed by atoms with Crippen LogP contribution in [-0.2, 0) is 27.8 Å². The number of likely N-dealkylation sites (tertiary alicyclic amines) is 1. The van der Waals surface area contributed by atoms with Gasteiger partial charge in [-0.25, -0.2) is 13.1 Å². The van der Waals surface area contributed by atoms with Crippen molar-refractivity contribution in [3.8, 4) is 6.07 Å². The summed E-state index contributed by atoms with van der Waals surface area (Å²) in [6.45, 7) is 4.61. The molecular formula is C18H24N4O3S. The molecule has 7 nitrogen and oxygen atoms in total. The molecular weight excluding hydrogens is 352 g/mol. The van der Waals surface area contributed by atoms with Crippen molar-refractivity contribution in [3.63, 3.8) is 0 Å². The highest BCUT2D eigenvalue weighted by Crippen LogP contribution is 2.24. The van der Waals surface area contributed by atoms with Gasteiger partial charge in [-0.05, 0) is 56.4 Å². The van der Waals surface area contributed by atoms with E-state index < -0.39 is 10.0 Å². The first-order chi connectivity index (χ1) is 12.3. The first kappa shape index (κ1) is 18.8. The van der Waals surface area contributed by atoms with Gasteiger partial charge in [-0.1, -0.05) is 6.07 Å². The molecule has 2 atom stereocenters. The van der Waals surface area contributed by atoms with E-state index in [4.69, 9.17) is 0 Å². The van der Waals surface area contributed by atoms with E-state index in [0.717, 1.165) is 24.0 Å². The topological polar surface area (TPSA) is 102 Å². The number of carbonyl (C=O) groups is 1. The number of nitrogens with zero attached hydrogens (tertiary/aromatic N) is 2. The highest BCUT2D eigenvalue weighted by molar-refractivity contribution is 7.89. The summed E-state index contributed by atoms with van der Waals surface area (Å²) in [5, 5.41) is 12.4. The maximum absolute atomic E-state index is 12.7. The first-order valence-electron chi connectivity index (χ1n) is 8.89. The summed E-state index contributed by atoms with van der Waals surface area (Å²) < 4.78 is 27.2. The van der Waals surface area contributed by atoms with Crippen LogP contribution in [0.25, 0.3) is 0 Å². The van der Waals surface area contributed by atoms with Crippen LogP contribution in [0.2, 0.25) is 0 Å². The summed E-state index contributed by atoms with van der Waals surface area (Å²) in [6.07, 6.45) is 2.09. The van der Waals surface area contributed by atoms with E-state index in [9.17, 15) is 18.5 Å². The molecule has 1 aromatic rings. The Labute approximate surface area is 154 Å². The van der Waals surface area contributed by atoms with Gasteiger partial charge in [0.2, 0.25) is 15.9 Å². The number of benzene rings is 1. The van der Waals surface area contributed by atoms with Crippen LogP contribution in [-0.4, -0.2) is 43.9 Å². The highest BCUT2D eigenvalue weighted by atomic mass is 32.2. The Balaban J connectivity index is 1.76. The fourth-order valence-corrected chi connectivity index (χ4v) is 4.88. The molecule has 0 spiro atoms. The average molecular weight is 376 g/mol. The molecule has 2 aliphatic heterocycles. The number of hydrogen-bond acceptors (Lipinski definition) is 5. The van der Waals surface area contributed by atoms with Crippen LogP contribution >= 0.6 is 0 Å². The van der Waals surface area contributed by atoms with Gasteiger partial charge >= 0.3 is 0 Å². The summed E-state index contributed by atoms with van der Waals surface area (Å²) in [5.41, 5.74) is 1.86. The van der Waals surface area contributed by atoms with Crippen molar-refractivity contribution in [1.29, 1.82) is 5.26 Å². The molecule has 0 radical (unpaired) electrons. The Morgan fingerprint density at radius 3 is 2.85 bits per heavy atom. The van der Waals surface area contributed by atoms with Crippen molar-refractivity contribution in [3.05, 3.63) is 29.3 Å². The van der Waals surface area contributed by atoms with Gasteiger partial charge in [-0.15, -0.1) is 0 Å². The Hall–Kier alpha value is -1.95. The molecule has 0 saturated carbocycles. The summed E-state index contributed by atoms with van der Waals surface area (Å²) in [7, 11) is -3.54. The smallest absolute Gasteiger partial charge is 0.241 e. The quantitative estimate of drug-likeness (QED) is 0.813. The second-order valence-electron chi connectivity index (χ2n) is 7.16. The monoisotopic (exact) mass is 376 g/mol. The van der Waals surface area contributed by atoms with Crippen molar-refractivity contribution < 1.29 is 13.2 Å². The van der Waals surface area contributed by atoms with Crippen LogP contribution in [0.1, 0.15) is 37.8 Å². The molecule has 0 unspecified atom stereocenters. The highest BCUT2D eigenvalue weighted by Gasteiger charge is 2.34. The van der Waals surface area contributed by atoms with E-state index in [1.54, 1.807) is 36.9 Å². The minimum atomic E-state index is -3.54. The maximum Gasteiger partial charge on any atom is 0.241 e. The van der Waals surface area contributed by atoms with Gasteiger partial charge in [0.05, 0.1) is 17.0 Å². The molecule has 2 N–H and O–H groups in total. The lowest BCUT2D eigenvalue weighted by Crippen LogP contribution is -2.50. The van der Waals surface area contributed by atoms with Crippen LogP contribution in [0, 0.1) is 11.3 Å². The first-order valence-corrected chi connectivity index (χ1v) is 10.4. The second kappa shape index (κ2) is 7.35. The van der Waals surface area contributed by atoms with Gasteiger partial charge in [-0.2, -0.15) is 5.26 Å². The van der Waals surface area contributed by atoms with Crippen molar-refractivity contribution in [1.82, 2.24) is 14.9 Å². The van der Waals surface area contributed by atoms with E-state index in [1.165, 1.54) is 0 Å². The summed E-state index contributed by atoms with van der Waals surface area (Å²) in [5.74, 6) is -0.0436. The second-order valence-corrected chi connectivity index (χ2v) is 8.88. The summed E-state index contributed by atoms with van der Waals surface area (Å²) in [6, 6.07) is 6.36. The third kappa shape index (κ3) is 3.75. The van der Waals surface area contributed by atoms with Gasteiger partial charge < -0.3 is 10.2 Å². The summed E-state index contributed by atoms with van der Waals surface area (Å²) in [4.78, 5) is 14.6. The maximum atomic E-state index is 12.7. The molecule has 26 heavy (non-hydrogen) atoms. The van der Waals surface area contributed by atoms with Gasteiger partial charge in [0.15, 0.2) is 0 Å². The minimum absolute atomic E-state index is 0.0436. The molecule has 2 heterocycles. The normalized spacial score (nSPS) is 22.9. The number of rotatable bonds is 4. The van der Waals surface area contributed by atoms with Crippen LogP contribution in [0.15, 0.2) is 23.1 Å². The van der Waals surface area contributed by atoms with Crippen LogP contribution in [0.5, 0.6) is 0 Å². The number of fused-ring (bicyclic) bond motifs is 1. The zero-order chi connectivity index (χ0) is 18.9. The number of nitrogens with one attached hydrogen (secondary N) is 2. The number of carbonyl (C=O) groups excluding carboxylic acids is 1. The van der Waals surface area contributed by atoms with Crippen LogP contribution in [0.4, 0.5) is 0 Å². The molecule has 0 aromatic heterocycles. The third-order valence-corrected chi connectivity index (χ3v) is 6.48. The number of hydrogen-bond donors (Lipinski definition) is 2.